The average molecular weight is 276 g/mol. The molecule has 19 heavy (non-hydrogen) atoms. The maximum Gasteiger partial charge on any atom is 0.227 e. The first-order valence-electron chi connectivity index (χ1n) is 6.31. The first-order valence-corrected chi connectivity index (χ1v) is 7.19. The lowest BCUT2D eigenvalue weighted by Gasteiger charge is -2.19. The van der Waals surface area contributed by atoms with E-state index in [-0.39, 0.29) is 11.8 Å². The summed E-state index contributed by atoms with van der Waals surface area (Å²) in [5.74, 6) is 1.25. The van der Waals surface area contributed by atoms with Crippen molar-refractivity contribution < 1.29 is 4.79 Å². The van der Waals surface area contributed by atoms with E-state index in [1.807, 2.05) is 19.5 Å². The Morgan fingerprint density at radius 3 is 3.11 bits per heavy atom. The van der Waals surface area contributed by atoms with E-state index in [4.69, 9.17) is 0 Å². The second-order valence-electron chi connectivity index (χ2n) is 5.00. The average Bonchev–Trinajstić information content (AvgIpc) is 3.06. The molecule has 0 spiro atoms. The molecule has 0 saturated carbocycles. The van der Waals surface area contributed by atoms with Crippen LogP contribution in [0.5, 0.6) is 0 Å². The Hall–Kier alpha value is -1.69. The van der Waals surface area contributed by atoms with Crippen molar-refractivity contribution >= 4 is 33.3 Å². The van der Waals surface area contributed by atoms with Gasteiger partial charge in [0.05, 0.1) is 11.3 Å². The zero-order valence-electron chi connectivity index (χ0n) is 11.0. The molecule has 1 unspecified atom stereocenters. The zero-order chi connectivity index (χ0) is 13.4. The summed E-state index contributed by atoms with van der Waals surface area (Å²) in [6, 6.07) is 2.05. The number of aromatic nitrogens is 2. The number of fused-ring (bicyclic) bond motifs is 1. The smallest absolute Gasteiger partial charge is 0.227 e. The molecule has 2 aromatic rings. The lowest BCUT2D eigenvalue weighted by molar-refractivity contribution is -0.132. The van der Waals surface area contributed by atoms with E-state index >= 15 is 0 Å². The minimum atomic E-state index is 0.0821. The predicted octanol–water partition coefficient (Wildman–Crippen LogP) is 1.61. The van der Waals surface area contributed by atoms with E-state index in [2.05, 4.69) is 20.9 Å². The first kappa shape index (κ1) is 12.3. The van der Waals surface area contributed by atoms with E-state index in [0.29, 0.717) is 0 Å². The molecular formula is C13H16N4OS. The summed E-state index contributed by atoms with van der Waals surface area (Å²) >= 11 is 1.62. The SMILES string of the molecule is CN(C)C(=O)C1CCN(c2ncnc3sccc23)C1. The first-order chi connectivity index (χ1) is 9.16. The molecule has 100 valence electrons. The normalized spacial score (nSPS) is 19.1. The van der Waals surface area contributed by atoms with Crippen LogP contribution in [0.1, 0.15) is 6.42 Å². The molecule has 6 heteroatoms. The molecule has 1 saturated heterocycles. The number of thiophene rings is 1. The predicted molar refractivity (Wildman–Crippen MR) is 76.4 cm³/mol. The largest absolute Gasteiger partial charge is 0.355 e. The summed E-state index contributed by atoms with van der Waals surface area (Å²) in [4.78, 5) is 25.5. The highest BCUT2D eigenvalue weighted by Crippen LogP contribution is 2.30. The molecule has 0 N–H and O–H groups in total. The van der Waals surface area contributed by atoms with Gasteiger partial charge in [-0.1, -0.05) is 0 Å². The highest BCUT2D eigenvalue weighted by atomic mass is 32.1. The van der Waals surface area contributed by atoms with Gasteiger partial charge in [-0.3, -0.25) is 4.79 Å². The standard InChI is InChI=1S/C13H16N4OS/c1-16(2)13(18)9-3-5-17(7-9)11-10-4-6-19-12(10)15-8-14-11/h4,6,8-9H,3,5,7H2,1-2H3. The number of carbonyl (C=O) groups excluding carboxylic acids is 1. The van der Waals surface area contributed by atoms with Crippen LogP contribution in [0.2, 0.25) is 0 Å². The van der Waals surface area contributed by atoms with Gasteiger partial charge in [0, 0.05) is 27.2 Å². The molecule has 5 nitrogen and oxygen atoms in total. The van der Waals surface area contributed by atoms with Gasteiger partial charge in [-0.15, -0.1) is 11.3 Å². The highest BCUT2D eigenvalue weighted by molar-refractivity contribution is 7.16. The number of hydrogen-bond donors (Lipinski definition) is 0. The lowest BCUT2D eigenvalue weighted by Crippen LogP contribution is -2.32. The molecular weight excluding hydrogens is 260 g/mol. The van der Waals surface area contributed by atoms with E-state index in [1.165, 1.54) is 0 Å². The van der Waals surface area contributed by atoms with Crippen LogP contribution < -0.4 is 4.90 Å². The van der Waals surface area contributed by atoms with Crippen molar-refractivity contribution in [3.63, 3.8) is 0 Å². The van der Waals surface area contributed by atoms with Crippen LogP contribution >= 0.6 is 11.3 Å². The Bertz CT molecular complexity index is 609. The van der Waals surface area contributed by atoms with Crippen LogP contribution in [-0.4, -0.2) is 48.0 Å². The van der Waals surface area contributed by atoms with E-state index in [9.17, 15) is 4.79 Å². The summed E-state index contributed by atoms with van der Waals surface area (Å²) in [5.41, 5.74) is 0. The fourth-order valence-electron chi connectivity index (χ4n) is 2.55. The fourth-order valence-corrected chi connectivity index (χ4v) is 3.28. The van der Waals surface area contributed by atoms with Crippen LogP contribution in [-0.2, 0) is 4.79 Å². The van der Waals surface area contributed by atoms with Crippen molar-refractivity contribution in [2.24, 2.45) is 5.92 Å². The number of carbonyl (C=O) groups is 1. The van der Waals surface area contributed by atoms with Gasteiger partial charge in [-0.05, 0) is 17.9 Å². The van der Waals surface area contributed by atoms with Crippen LogP contribution in [0.15, 0.2) is 17.8 Å². The number of nitrogens with zero attached hydrogens (tertiary/aromatic N) is 4. The third kappa shape index (κ3) is 2.16. The summed E-state index contributed by atoms with van der Waals surface area (Å²) < 4.78 is 0. The van der Waals surface area contributed by atoms with Gasteiger partial charge < -0.3 is 9.80 Å². The molecule has 0 bridgehead atoms. The molecule has 1 aliphatic rings. The molecule has 1 aliphatic heterocycles. The molecule has 1 atom stereocenters. The third-order valence-electron chi connectivity index (χ3n) is 3.52. The second-order valence-corrected chi connectivity index (χ2v) is 5.90. The van der Waals surface area contributed by atoms with Gasteiger partial charge >= 0.3 is 0 Å². The Morgan fingerprint density at radius 1 is 1.47 bits per heavy atom. The van der Waals surface area contributed by atoms with Crippen molar-refractivity contribution in [1.82, 2.24) is 14.9 Å². The molecule has 0 aliphatic carbocycles. The molecule has 2 aromatic heterocycles. The number of hydrogen-bond acceptors (Lipinski definition) is 5. The summed E-state index contributed by atoms with van der Waals surface area (Å²) in [6.07, 6.45) is 2.50. The molecule has 3 heterocycles. The Kier molecular flexibility index (Phi) is 3.10. The third-order valence-corrected chi connectivity index (χ3v) is 4.34. The van der Waals surface area contributed by atoms with Crippen molar-refractivity contribution in [2.75, 3.05) is 32.1 Å². The summed E-state index contributed by atoms with van der Waals surface area (Å²) in [7, 11) is 3.62. The van der Waals surface area contributed by atoms with Gasteiger partial charge in [-0.2, -0.15) is 0 Å². The monoisotopic (exact) mass is 276 g/mol. The highest BCUT2D eigenvalue weighted by Gasteiger charge is 2.30. The van der Waals surface area contributed by atoms with Gasteiger partial charge in [0.2, 0.25) is 5.91 Å². The molecule has 1 fully saturated rings. The van der Waals surface area contributed by atoms with E-state index in [0.717, 1.165) is 35.5 Å². The molecule has 0 aromatic carbocycles. The van der Waals surface area contributed by atoms with Crippen molar-refractivity contribution in [2.45, 2.75) is 6.42 Å². The summed E-state index contributed by atoms with van der Waals surface area (Å²) in [6.45, 7) is 1.63. The van der Waals surface area contributed by atoms with Gasteiger partial charge in [-0.25, -0.2) is 9.97 Å². The van der Waals surface area contributed by atoms with Crippen molar-refractivity contribution in [3.8, 4) is 0 Å². The lowest BCUT2D eigenvalue weighted by atomic mass is 10.1. The van der Waals surface area contributed by atoms with Crippen molar-refractivity contribution in [1.29, 1.82) is 0 Å². The maximum absolute atomic E-state index is 12.0. The van der Waals surface area contributed by atoms with E-state index in [1.54, 1.807) is 22.6 Å². The van der Waals surface area contributed by atoms with Gasteiger partial charge in [0.25, 0.3) is 0 Å². The molecule has 1 amide bonds. The van der Waals surface area contributed by atoms with Crippen LogP contribution in [0.4, 0.5) is 5.82 Å². The maximum atomic E-state index is 12.0. The number of amides is 1. The molecule has 3 rings (SSSR count). The van der Waals surface area contributed by atoms with Gasteiger partial charge in [0.1, 0.15) is 17.0 Å². The molecule has 0 radical (unpaired) electrons. The summed E-state index contributed by atoms with van der Waals surface area (Å²) in [5, 5.41) is 3.12. The Balaban J connectivity index is 1.85. The number of anilines is 1. The Morgan fingerprint density at radius 2 is 2.32 bits per heavy atom. The zero-order valence-corrected chi connectivity index (χ0v) is 11.9. The Labute approximate surface area is 115 Å². The quantitative estimate of drug-likeness (QED) is 0.836. The van der Waals surface area contributed by atoms with Crippen LogP contribution in [0.25, 0.3) is 10.2 Å². The van der Waals surface area contributed by atoms with E-state index < -0.39 is 0 Å². The van der Waals surface area contributed by atoms with Crippen molar-refractivity contribution in [3.05, 3.63) is 17.8 Å². The van der Waals surface area contributed by atoms with Gasteiger partial charge in [0.15, 0.2) is 0 Å². The van der Waals surface area contributed by atoms with Crippen LogP contribution in [0.3, 0.4) is 0 Å². The van der Waals surface area contributed by atoms with Crippen LogP contribution in [0, 0.1) is 5.92 Å². The minimum Gasteiger partial charge on any atom is -0.355 e. The minimum absolute atomic E-state index is 0.0821. The topological polar surface area (TPSA) is 49.3 Å². The second kappa shape index (κ2) is 4.77. The fraction of sp³-hybridized carbons (Fsp3) is 0.462. The number of rotatable bonds is 2.